The minimum absolute atomic E-state index is 0.0330. The molecule has 1 saturated heterocycles. The molecule has 1 fully saturated rings. The van der Waals surface area contributed by atoms with E-state index in [1.807, 2.05) is 35.2 Å². The van der Waals surface area contributed by atoms with Crippen LogP contribution in [-0.4, -0.2) is 29.1 Å². The van der Waals surface area contributed by atoms with E-state index in [-0.39, 0.29) is 11.3 Å². The zero-order valence-electron chi connectivity index (χ0n) is 17.4. The van der Waals surface area contributed by atoms with Crippen LogP contribution >= 0.6 is 11.6 Å². The van der Waals surface area contributed by atoms with Crippen LogP contribution < -0.4 is 5.43 Å². The van der Waals surface area contributed by atoms with Gasteiger partial charge in [0.15, 0.2) is 5.43 Å². The number of carboxylic acids is 1. The molecule has 0 spiro atoms. The highest BCUT2D eigenvalue weighted by Crippen LogP contribution is 2.20. The van der Waals surface area contributed by atoms with Crippen molar-refractivity contribution in [1.82, 2.24) is 4.90 Å². The monoisotopic (exact) mass is 439 g/mol. The maximum atomic E-state index is 12.9. The van der Waals surface area contributed by atoms with Crippen molar-refractivity contribution < 1.29 is 14.3 Å². The summed E-state index contributed by atoms with van der Waals surface area (Å²) in [6.45, 7) is 1.58. The van der Waals surface area contributed by atoms with Gasteiger partial charge in [-0.1, -0.05) is 29.8 Å². The van der Waals surface area contributed by atoms with Crippen molar-refractivity contribution in [2.75, 3.05) is 13.1 Å². The highest BCUT2D eigenvalue weighted by Gasteiger charge is 2.28. The number of rotatable bonds is 8. The molecule has 1 aliphatic rings. The number of benzene rings is 2. The first-order valence-corrected chi connectivity index (χ1v) is 11.1. The van der Waals surface area contributed by atoms with Crippen molar-refractivity contribution in [3.63, 3.8) is 0 Å². The largest absolute Gasteiger partial charge is 0.481 e. The van der Waals surface area contributed by atoms with E-state index in [0.717, 1.165) is 36.3 Å². The normalized spacial score (nSPS) is 16.7. The Morgan fingerprint density at radius 3 is 2.52 bits per heavy atom. The Morgan fingerprint density at radius 1 is 1.10 bits per heavy atom. The van der Waals surface area contributed by atoms with Crippen LogP contribution in [0.3, 0.4) is 0 Å². The molecule has 6 heteroatoms. The summed E-state index contributed by atoms with van der Waals surface area (Å²) in [6, 6.07) is 13.8. The van der Waals surface area contributed by atoms with Crippen LogP contribution in [0.15, 0.2) is 57.9 Å². The fourth-order valence-corrected chi connectivity index (χ4v) is 4.33. The molecule has 0 amide bonds. The summed E-state index contributed by atoms with van der Waals surface area (Å²) in [7, 11) is 0. The van der Waals surface area contributed by atoms with Gasteiger partial charge in [0.1, 0.15) is 5.58 Å². The summed E-state index contributed by atoms with van der Waals surface area (Å²) in [5, 5.41) is 10.5. The van der Waals surface area contributed by atoms with E-state index in [1.54, 1.807) is 0 Å². The lowest BCUT2D eigenvalue weighted by atomic mass is 10.0. The van der Waals surface area contributed by atoms with Gasteiger partial charge in [0.25, 0.3) is 0 Å². The van der Waals surface area contributed by atoms with E-state index in [0.29, 0.717) is 42.6 Å². The molecule has 1 aromatic heterocycles. The first-order chi connectivity index (χ1) is 15.0. The lowest BCUT2D eigenvalue weighted by Crippen LogP contribution is -2.25. The Balaban J connectivity index is 1.36. The van der Waals surface area contributed by atoms with Crippen molar-refractivity contribution in [2.45, 2.75) is 38.6 Å². The molecule has 1 atom stereocenters. The molecule has 3 aromatic rings. The van der Waals surface area contributed by atoms with Crippen LogP contribution in [0, 0.1) is 5.92 Å². The Hall–Kier alpha value is -2.63. The Bertz CT molecular complexity index is 1120. The fourth-order valence-electron chi connectivity index (χ4n) is 4.21. The number of aliphatic carboxylic acids is 1. The van der Waals surface area contributed by atoms with Crippen LogP contribution in [0.2, 0.25) is 5.02 Å². The lowest BCUT2D eigenvalue weighted by Gasteiger charge is -2.14. The molecule has 0 bridgehead atoms. The summed E-state index contributed by atoms with van der Waals surface area (Å²) in [4.78, 5) is 26.0. The predicted molar refractivity (Wildman–Crippen MR) is 122 cm³/mol. The molecule has 1 N–H and O–H groups in total. The van der Waals surface area contributed by atoms with Gasteiger partial charge in [0, 0.05) is 23.7 Å². The zero-order valence-corrected chi connectivity index (χ0v) is 18.1. The second-order valence-electron chi connectivity index (χ2n) is 8.31. The van der Waals surface area contributed by atoms with Crippen LogP contribution in [0.25, 0.3) is 11.0 Å². The maximum Gasteiger partial charge on any atom is 0.307 e. The number of hydrogen-bond acceptors (Lipinski definition) is 4. The van der Waals surface area contributed by atoms with Crippen LogP contribution in [-0.2, 0) is 24.2 Å². The summed E-state index contributed by atoms with van der Waals surface area (Å²) in [5.41, 5.74) is 3.59. The van der Waals surface area contributed by atoms with Crippen molar-refractivity contribution in [1.29, 1.82) is 0 Å². The number of fused-ring (bicyclic) bond motifs is 1. The third kappa shape index (κ3) is 5.35. The number of likely N-dealkylation sites (tertiary alicyclic amines) is 1. The summed E-state index contributed by atoms with van der Waals surface area (Å²) in [6.07, 6.45) is 6.23. The molecular formula is C25H26ClNO4. The van der Waals surface area contributed by atoms with Gasteiger partial charge in [-0.2, -0.15) is 0 Å². The molecule has 0 saturated carbocycles. The number of carbonyl (C=O) groups is 1. The zero-order chi connectivity index (χ0) is 21.8. The maximum absolute atomic E-state index is 12.9. The molecule has 31 heavy (non-hydrogen) atoms. The second kappa shape index (κ2) is 9.67. The van der Waals surface area contributed by atoms with Gasteiger partial charge in [-0.25, -0.2) is 0 Å². The van der Waals surface area contributed by atoms with Gasteiger partial charge in [-0.15, -0.1) is 0 Å². The number of halogens is 1. The van der Waals surface area contributed by atoms with Gasteiger partial charge in [-0.05, 0) is 74.0 Å². The molecule has 0 radical (unpaired) electrons. The molecule has 162 valence electrons. The summed E-state index contributed by atoms with van der Waals surface area (Å²) >= 11 is 5.93. The van der Waals surface area contributed by atoms with Gasteiger partial charge in [0.05, 0.1) is 17.6 Å². The van der Waals surface area contributed by atoms with E-state index < -0.39 is 5.97 Å². The number of carboxylic acid groups (broad SMARTS) is 1. The van der Waals surface area contributed by atoms with E-state index in [1.165, 1.54) is 11.8 Å². The van der Waals surface area contributed by atoms with Gasteiger partial charge >= 0.3 is 5.97 Å². The topological polar surface area (TPSA) is 70.8 Å². The second-order valence-corrected chi connectivity index (χ2v) is 8.75. The molecular weight excluding hydrogens is 414 g/mol. The lowest BCUT2D eigenvalue weighted by molar-refractivity contribution is -0.141. The van der Waals surface area contributed by atoms with Crippen LogP contribution in [0.5, 0.6) is 0 Å². The molecule has 4 rings (SSSR count). The highest BCUT2D eigenvalue weighted by molar-refractivity contribution is 6.30. The molecule has 0 aliphatic carbocycles. The van der Waals surface area contributed by atoms with E-state index in [9.17, 15) is 9.59 Å². The molecule has 2 aromatic carbocycles. The third-order valence-corrected chi connectivity index (χ3v) is 6.27. The third-order valence-electron chi connectivity index (χ3n) is 6.02. The highest BCUT2D eigenvalue weighted by atomic mass is 35.5. The first kappa shape index (κ1) is 21.6. The van der Waals surface area contributed by atoms with E-state index in [2.05, 4.69) is 12.1 Å². The molecule has 1 unspecified atom stereocenters. The van der Waals surface area contributed by atoms with Crippen LogP contribution in [0.1, 0.15) is 36.0 Å². The fraction of sp³-hybridized carbons (Fsp3) is 0.360. The number of unbranched alkanes of at least 4 members (excludes halogenated alkanes) is 1. The minimum atomic E-state index is -0.770. The van der Waals surface area contributed by atoms with Gasteiger partial charge < -0.3 is 9.52 Å². The average molecular weight is 440 g/mol. The number of nitrogens with zero attached hydrogens (tertiary/aromatic N) is 1. The number of hydrogen-bond donors (Lipinski definition) is 1. The Labute approximate surface area is 186 Å². The van der Waals surface area contributed by atoms with E-state index in [4.69, 9.17) is 21.1 Å². The van der Waals surface area contributed by atoms with Crippen molar-refractivity contribution in [2.24, 2.45) is 5.92 Å². The standard InChI is InChI=1S/C25H26ClNO4/c26-21-8-5-17(6-9-21)3-1-2-4-18-7-10-22-23(13-18)31-16-20(24(22)28)15-27-12-11-19(14-27)25(29)30/h5-10,13,16,19H,1-4,11-12,14-15H2,(H,29,30). The first-order valence-electron chi connectivity index (χ1n) is 10.7. The van der Waals surface area contributed by atoms with Gasteiger partial charge in [0.2, 0.25) is 0 Å². The van der Waals surface area contributed by atoms with Gasteiger partial charge in [-0.3, -0.25) is 14.5 Å². The molecule has 5 nitrogen and oxygen atoms in total. The van der Waals surface area contributed by atoms with Crippen molar-refractivity contribution >= 4 is 28.5 Å². The molecule has 2 heterocycles. The molecule has 1 aliphatic heterocycles. The Morgan fingerprint density at radius 2 is 1.81 bits per heavy atom. The van der Waals surface area contributed by atoms with Crippen molar-refractivity contribution in [3.05, 3.63) is 80.7 Å². The quantitative estimate of drug-likeness (QED) is 0.504. The Kier molecular flexibility index (Phi) is 6.73. The SMILES string of the molecule is O=C(O)C1CCN(Cc2coc3cc(CCCCc4ccc(Cl)cc4)ccc3c2=O)C1. The number of aryl methyl sites for hydroxylation is 2. The van der Waals surface area contributed by atoms with Crippen LogP contribution in [0.4, 0.5) is 0 Å². The average Bonchev–Trinajstić information content (AvgIpc) is 3.23. The van der Waals surface area contributed by atoms with E-state index >= 15 is 0 Å². The summed E-state index contributed by atoms with van der Waals surface area (Å²) < 4.78 is 5.78. The predicted octanol–water partition coefficient (Wildman–Crippen LogP) is 4.92. The summed E-state index contributed by atoms with van der Waals surface area (Å²) in [5.74, 6) is -1.12. The van der Waals surface area contributed by atoms with Crippen molar-refractivity contribution in [3.8, 4) is 0 Å². The minimum Gasteiger partial charge on any atom is -0.481 e. The smallest absolute Gasteiger partial charge is 0.307 e.